The third kappa shape index (κ3) is 2.14. The van der Waals surface area contributed by atoms with Gasteiger partial charge in [-0.1, -0.05) is 0 Å². The minimum absolute atomic E-state index is 0.127. The van der Waals surface area contributed by atoms with Gasteiger partial charge in [0, 0.05) is 23.8 Å². The van der Waals surface area contributed by atoms with Crippen LogP contribution in [-0.2, 0) is 14.9 Å². The number of fused-ring (bicyclic) bond motifs is 1. The molecule has 0 spiro atoms. The predicted molar refractivity (Wildman–Crippen MR) is 65.4 cm³/mol. The molecule has 10 heteroatoms. The van der Waals surface area contributed by atoms with E-state index in [0.29, 0.717) is 6.08 Å². The van der Waals surface area contributed by atoms with Crippen LogP contribution in [0, 0.1) is 10.1 Å². The zero-order chi connectivity index (χ0) is 15.1. The Kier molecular flexibility index (Phi) is 3.06. The lowest BCUT2D eigenvalue weighted by atomic mass is 9.94. The van der Waals surface area contributed by atoms with Gasteiger partial charge in [-0.15, -0.1) is 0 Å². The maximum Gasteiger partial charge on any atom is 0.369 e. The topological polar surface area (TPSA) is 151 Å². The molecule has 20 heavy (non-hydrogen) atoms. The molecule has 1 aliphatic carbocycles. The first kappa shape index (κ1) is 13.7. The first-order valence-corrected chi connectivity index (χ1v) is 6.44. The summed E-state index contributed by atoms with van der Waals surface area (Å²) in [6.07, 6.45) is 0.538. The fraction of sp³-hybridized carbons (Fsp3) is 0. The minimum Gasteiger partial charge on any atom is -0.361 e. The first-order chi connectivity index (χ1) is 9.25. The van der Waals surface area contributed by atoms with Gasteiger partial charge in [0.1, 0.15) is 4.91 Å². The van der Waals surface area contributed by atoms with Gasteiger partial charge in [0.2, 0.25) is 0 Å². The molecule has 0 aromatic heterocycles. The molecule has 0 atom stereocenters. The predicted octanol–water partition coefficient (Wildman–Crippen LogP) is 0.425. The largest absolute Gasteiger partial charge is 0.369 e. The number of nitro groups is 1. The number of non-ortho nitro benzene ring substituents is 1. The van der Waals surface area contributed by atoms with Crippen LogP contribution < -0.4 is 0 Å². The van der Waals surface area contributed by atoms with Gasteiger partial charge >= 0.3 is 5.71 Å². The Balaban J connectivity index is 2.87. The van der Waals surface area contributed by atoms with Crippen LogP contribution in [0.5, 0.6) is 0 Å². The van der Waals surface area contributed by atoms with Crippen LogP contribution in [0.15, 0.2) is 24.3 Å². The normalized spacial score (nSPS) is 14.3. The van der Waals surface area contributed by atoms with Crippen molar-refractivity contribution in [2.75, 3.05) is 0 Å². The zero-order valence-corrected chi connectivity index (χ0v) is 10.4. The highest BCUT2D eigenvalue weighted by atomic mass is 32.2. The second kappa shape index (κ2) is 4.46. The van der Waals surface area contributed by atoms with Crippen LogP contribution in [0.25, 0.3) is 10.4 Å². The number of ketones is 1. The number of nitro benzene ring substituents is 1. The van der Waals surface area contributed by atoms with E-state index in [2.05, 4.69) is 4.79 Å². The maximum atomic E-state index is 11.6. The number of carbonyl (C=O) groups is 1. The molecule has 0 aliphatic heterocycles. The molecule has 0 fully saturated rings. The van der Waals surface area contributed by atoms with Gasteiger partial charge in [-0.2, -0.15) is 13.2 Å². The van der Waals surface area contributed by atoms with Crippen molar-refractivity contribution < 1.29 is 27.5 Å². The number of rotatable bonds is 2. The average molecular weight is 295 g/mol. The number of benzene rings is 1. The fourth-order valence-electron chi connectivity index (χ4n) is 1.77. The van der Waals surface area contributed by atoms with Crippen molar-refractivity contribution >= 4 is 32.2 Å². The highest BCUT2D eigenvalue weighted by molar-refractivity contribution is 7.95. The lowest BCUT2D eigenvalue weighted by Gasteiger charge is -2.11. The highest BCUT2D eigenvalue weighted by Gasteiger charge is 2.36. The molecule has 2 rings (SSSR count). The summed E-state index contributed by atoms with van der Waals surface area (Å²) in [4.78, 5) is 23.5. The Bertz CT molecular complexity index is 833. The Morgan fingerprint density at radius 1 is 1.30 bits per heavy atom. The number of carbonyl (C=O) groups excluding carboxylic acids is 1. The van der Waals surface area contributed by atoms with Gasteiger partial charge in [0.25, 0.3) is 21.6 Å². The molecular weight excluding hydrogens is 290 g/mol. The van der Waals surface area contributed by atoms with E-state index >= 15 is 0 Å². The van der Waals surface area contributed by atoms with Crippen molar-refractivity contribution in [3.8, 4) is 0 Å². The van der Waals surface area contributed by atoms with Crippen LogP contribution in [0.4, 0.5) is 5.69 Å². The van der Waals surface area contributed by atoms with Crippen LogP contribution in [-0.4, -0.2) is 34.2 Å². The molecule has 0 bridgehead atoms. The molecular formula is C10H5N3O6S. The molecule has 0 saturated heterocycles. The average Bonchev–Trinajstić information content (AvgIpc) is 2.36. The smallest absolute Gasteiger partial charge is 0.361 e. The third-order valence-corrected chi connectivity index (χ3v) is 3.50. The van der Waals surface area contributed by atoms with Crippen molar-refractivity contribution in [1.82, 2.24) is 0 Å². The highest BCUT2D eigenvalue weighted by Crippen LogP contribution is 2.31. The molecule has 102 valence electrons. The molecule has 0 heterocycles. The fourth-order valence-corrected chi connectivity index (χ4v) is 2.47. The van der Waals surface area contributed by atoms with E-state index in [1.165, 1.54) is 0 Å². The lowest BCUT2D eigenvalue weighted by molar-refractivity contribution is -0.384. The summed E-state index contributed by atoms with van der Waals surface area (Å²) in [5.41, 5.74) is 7.45. The van der Waals surface area contributed by atoms with Gasteiger partial charge < -0.3 is 5.53 Å². The van der Waals surface area contributed by atoms with Crippen molar-refractivity contribution in [3.05, 3.63) is 51.0 Å². The van der Waals surface area contributed by atoms with Crippen molar-refractivity contribution in [1.29, 1.82) is 0 Å². The monoisotopic (exact) mass is 295 g/mol. The zero-order valence-electron chi connectivity index (χ0n) is 9.55. The lowest BCUT2D eigenvalue weighted by Crippen LogP contribution is -2.23. The second-order valence-electron chi connectivity index (χ2n) is 3.78. The van der Waals surface area contributed by atoms with Crippen LogP contribution in [0.2, 0.25) is 0 Å². The quantitative estimate of drug-likeness (QED) is 0.274. The van der Waals surface area contributed by atoms with E-state index in [1.54, 1.807) is 0 Å². The standard InChI is InChI=1S/C10H5N3O6S/c11-12-10-6-2-1-5(13(15)16)3-7(6)9(4-8(10)14)20(17,18)19/h1-4H,(H,17,18,19). The Morgan fingerprint density at radius 2 is 1.95 bits per heavy atom. The molecule has 9 nitrogen and oxygen atoms in total. The van der Waals surface area contributed by atoms with Crippen molar-refractivity contribution in [3.63, 3.8) is 0 Å². The summed E-state index contributed by atoms with van der Waals surface area (Å²) in [5, 5.41) is 10.7. The van der Waals surface area contributed by atoms with Gasteiger partial charge in [-0.3, -0.25) is 19.5 Å². The van der Waals surface area contributed by atoms with Gasteiger partial charge in [0.15, 0.2) is 0 Å². The van der Waals surface area contributed by atoms with Crippen LogP contribution in [0.3, 0.4) is 0 Å². The molecule has 1 aromatic rings. The minimum atomic E-state index is -4.77. The molecule has 0 amide bonds. The number of allylic oxidation sites excluding steroid dienone is 1. The van der Waals surface area contributed by atoms with Crippen molar-refractivity contribution in [2.24, 2.45) is 0 Å². The SMILES string of the molecule is [N-]=[N+]=C1C(=O)C=C(S(=O)(=O)O)c2cc([N+](=O)[O-])ccc21. The summed E-state index contributed by atoms with van der Waals surface area (Å²) >= 11 is 0. The summed E-state index contributed by atoms with van der Waals surface area (Å²) < 4.78 is 31.5. The van der Waals surface area contributed by atoms with E-state index in [9.17, 15) is 23.3 Å². The summed E-state index contributed by atoms with van der Waals surface area (Å²) in [5.74, 6) is -0.943. The van der Waals surface area contributed by atoms with Gasteiger partial charge in [-0.25, -0.2) is 0 Å². The Labute approximate surface area is 111 Å². The Morgan fingerprint density at radius 3 is 2.45 bits per heavy atom. The van der Waals surface area contributed by atoms with E-state index < -0.39 is 37.1 Å². The molecule has 1 aliphatic rings. The third-order valence-electron chi connectivity index (χ3n) is 2.61. The summed E-state index contributed by atoms with van der Waals surface area (Å²) in [6.45, 7) is 0. The van der Waals surface area contributed by atoms with E-state index in [0.717, 1.165) is 18.2 Å². The molecule has 1 N–H and O–H groups in total. The van der Waals surface area contributed by atoms with E-state index in [1.807, 2.05) is 0 Å². The summed E-state index contributed by atoms with van der Waals surface area (Å²) in [7, 11) is -4.77. The van der Waals surface area contributed by atoms with E-state index in [4.69, 9.17) is 10.1 Å². The summed E-state index contributed by atoms with van der Waals surface area (Å²) in [6, 6.07) is 2.95. The second-order valence-corrected chi connectivity index (χ2v) is 5.17. The molecule has 0 radical (unpaired) electrons. The molecule has 0 saturated carbocycles. The van der Waals surface area contributed by atoms with E-state index in [-0.39, 0.29) is 11.1 Å². The van der Waals surface area contributed by atoms with Gasteiger partial charge in [0.05, 0.1) is 10.5 Å². The first-order valence-electron chi connectivity index (χ1n) is 5.00. The molecule has 0 unspecified atom stereocenters. The number of nitrogens with zero attached hydrogens (tertiary/aromatic N) is 3. The number of hydrogen-bond acceptors (Lipinski definition) is 5. The Hall–Kier alpha value is -2.68. The van der Waals surface area contributed by atoms with Crippen LogP contribution >= 0.6 is 0 Å². The van der Waals surface area contributed by atoms with Crippen LogP contribution in [0.1, 0.15) is 11.1 Å². The van der Waals surface area contributed by atoms with Gasteiger partial charge in [-0.05, 0) is 6.07 Å². The maximum absolute atomic E-state index is 11.6. The number of hydrogen-bond donors (Lipinski definition) is 1. The molecule has 1 aromatic carbocycles. The van der Waals surface area contributed by atoms with Crippen molar-refractivity contribution in [2.45, 2.75) is 0 Å².